The number of benzene rings is 1. The summed E-state index contributed by atoms with van der Waals surface area (Å²) in [5.41, 5.74) is 6.25. The molecule has 0 bridgehead atoms. The second-order valence-corrected chi connectivity index (χ2v) is 6.82. The van der Waals surface area contributed by atoms with Gasteiger partial charge in [0.2, 0.25) is 0 Å². The average molecular weight is 403 g/mol. The molecule has 5 heterocycles. The molecule has 0 radical (unpaired) electrons. The number of allylic oxidation sites excluding steroid dienone is 1. The maximum absolute atomic E-state index is 4.80. The number of aromatic nitrogens is 8. The van der Waals surface area contributed by atoms with Crippen LogP contribution < -0.4 is 0 Å². The predicted octanol–water partition coefficient (Wildman–Crippen LogP) is 3.98. The van der Waals surface area contributed by atoms with Crippen LogP contribution in [0.25, 0.3) is 61.5 Å². The number of nitrogens with zero attached hydrogens (tertiary/aromatic N) is 9. The van der Waals surface area contributed by atoms with Crippen molar-refractivity contribution >= 4 is 74.0 Å². The minimum absolute atomic E-state index is 0.409. The first-order valence-electron chi connectivity index (χ1n) is 9.55. The molecule has 6 rings (SSSR count). The number of hydrogen-bond acceptors (Lipinski definition) is 9. The monoisotopic (exact) mass is 403 g/mol. The van der Waals surface area contributed by atoms with Gasteiger partial charge >= 0.3 is 0 Å². The molecule has 0 aliphatic carbocycles. The zero-order chi connectivity index (χ0) is 20.9. The highest BCUT2D eigenvalue weighted by Gasteiger charge is 2.19. The molecule has 9 nitrogen and oxygen atoms in total. The van der Waals surface area contributed by atoms with E-state index in [9.17, 15) is 0 Å². The SMILES string of the molecule is C=Nc1nc2c(nc1/C=C\C)c1nc3ncccc3nc1c1nc3ncccc3nc21. The molecule has 0 atom stereocenters. The third-order valence-corrected chi connectivity index (χ3v) is 4.93. The second kappa shape index (κ2) is 6.49. The molecule has 0 saturated carbocycles. The van der Waals surface area contributed by atoms with Gasteiger partial charge in [-0.05, 0) is 44.0 Å². The molecular weight excluding hydrogens is 390 g/mol. The molecule has 0 fully saturated rings. The normalized spacial score (nSPS) is 12.0. The third-order valence-electron chi connectivity index (χ3n) is 4.93. The van der Waals surface area contributed by atoms with E-state index in [0.717, 1.165) is 0 Å². The fraction of sp³-hybridized carbons (Fsp3) is 0.0455. The van der Waals surface area contributed by atoms with Crippen molar-refractivity contribution in [3.63, 3.8) is 0 Å². The van der Waals surface area contributed by atoms with Gasteiger partial charge in [-0.25, -0.2) is 44.9 Å². The molecule has 0 aliphatic heterocycles. The van der Waals surface area contributed by atoms with Crippen LogP contribution in [0.5, 0.6) is 0 Å². The molecule has 0 spiro atoms. The lowest BCUT2D eigenvalue weighted by atomic mass is 10.1. The Morgan fingerprint density at radius 3 is 1.77 bits per heavy atom. The van der Waals surface area contributed by atoms with Gasteiger partial charge in [-0.3, -0.25) is 0 Å². The lowest BCUT2D eigenvalue weighted by molar-refractivity contribution is 1.22. The molecule has 0 N–H and O–H groups in total. The van der Waals surface area contributed by atoms with Crippen LogP contribution in [0.3, 0.4) is 0 Å². The van der Waals surface area contributed by atoms with Crippen molar-refractivity contribution in [2.75, 3.05) is 0 Å². The van der Waals surface area contributed by atoms with Crippen molar-refractivity contribution in [1.82, 2.24) is 39.9 Å². The minimum atomic E-state index is 0.409. The first kappa shape index (κ1) is 17.3. The minimum Gasteiger partial charge on any atom is -0.243 e. The van der Waals surface area contributed by atoms with Crippen LogP contribution in [0.4, 0.5) is 5.82 Å². The van der Waals surface area contributed by atoms with E-state index in [1.807, 2.05) is 43.3 Å². The molecule has 0 amide bonds. The zero-order valence-corrected chi connectivity index (χ0v) is 16.4. The summed E-state index contributed by atoms with van der Waals surface area (Å²) in [6.45, 7) is 5.55. The molecule has 6 aromatic rings. The van der Waals surface area contributed by atoms with Gasteiger partial charge in [0.1, 0.15) is 49.8 Å². The first-order valence-corrected chi connectivity index (χ1v) is 9.55. The van der Waals surface area contributed by atoms with E-state index in [4.69, 9.17) is 29.9 Å². The van der Waals surface area contributed by atoms with Gasteiger partial charge in [-0.15, -0.1) is 0 Å². The standard InChI is InChI=1S/C22H13N9/c1-3-6-11-20(23-2)29-17-14(26-11)18-16(28-13-8-5-10-25-22(13)30-18)19-15(17)27-12-7-4-9-24-21(12)31-19/h3-10H,2H2,1H3/b6-3-. The topological polar surface area (TPSA) is 115 Å². The Morgan fingerprint density at radius 2 is 1.23 bits per heavy atom. The van der Waals surface area contributed by atoms with Crippen molar-refractivity contribution in [3.8, 4) is 0 Å². The number of pyridine rings is 2. The fourth-order valence-corrected chi connectivity index (χ4v) is 3.60. The number of fused-ring (bicyclic) bond motifs is 8. The number of rotatable bonds is 2. The largest absolute Gasteiger partial charge is 0.243 e. The summed E-state index contributed by atoms with van der Waals surface area (Å²) in [5, 5.41) is 0. The van der Waals surface area contributed by atoms with E-state index >= 15 is 0 Å². The highest BCUT2D eigenvalue weighted by Crippen LogP contribution is 2.33. The maximum Gasteiger partial charge on any atom is 0.178 e. The summed E-state index contributed by atoms with van der Waals surface area (Å²) in [7, 11) is 0. The van der Waals surface area contributed by atoms with Crippen molar-refractivity contribution in [2.24, 2.45) is 4.99 Å². The van der Waals surface area contributed by atoms with Gasteiger partial charge < -0.3 is 0 Å². The average Bonchev–Trinajstić information content (AvgIpc) is 2.82. The van der Waals surface area contributed by atoms with Gasteiger partial charge in [-0.1, -0.05) is 6.08 Å². The first-order chi connectivity index (χ1) is 15.3. The van der Waals surface area contributed by atoms with Crippen molar-refractivity contribution < 1.29 is 0 Å². The highest BCUT2D eigenvalue weighted by atomic mass is 15.0. The van der Waals surface area contributed by atoms with Gasteiger partial charge in [0.15, 0.2) is 17.1 Å². The predicted molar refractivity (Wildman–Crippen MR) is 120 cm³/mol. The maximum atomic E-state index is 4.80. The molecule has 1 aromatic carbocycles. The zero-order valence-electron chi connectivity index (χ0n) is 16.4. The Kier molecular flexibility index (Phi) is 3.63. The molecule has 0 unspecified atom stereocenters. The van der Waals surface area contributed by atoms with Crippen LogP contribution in [-0.2, 0) is 0 Å². The molecule has 146 valence electrons. The van der Waals surface area contributed by atoms with Gasteiger partial charge in [0, 0.05) is 12.4 Å². The van der Waals surface area contributed by atoms with Crippen molar-refractivity contribution in [1.29, 1.82) is 0 Å². The Morgan fingerprint density at radius 1 is 0.710 bits per heavy atom. The van der Waals surface area contributed by atoms with Crippen LogP contribution in [0.15, 0.2) is 47.7 Å². The highest BCUT2D eigenvalue weighted by molar-refractivity contribution is 6.20. The van der Waals surface area contributed by atoms with Crippen LogP contribution in [-0.4, -0.2) is 46.6 Å². The smallest absolute Gasteiger partial charge is 0.178 e. The van der Waals surface area contributed by atoms with Gasteiger partial charge in [0.05, 0.1) is 0 Å². The lowest BCUT2D eigenvalue weighted by Crippen LogP contribution is -2.00. The van der Waals surface area contributed by atoms with Gasteiger partial charge in [-0.2, -0.15) is 0 Å². The number of hydrogen-bond donors (Lipinski definition) is 0. The molecule has 5 aromatic heterocycles. The van der Waals surface area contributed by atoms with Crippen LogP contribution in [0, 0.1) is 0 Å². The summed E-state index contributed by atoms with van der Waals surface area (Å²) in [6, 6.07) is 7.35. The fourth-order valence-electron chi connectivity index (χ4n) is 3.60. The Bertz CT molecular complexity index is 1720. The van der Waals surface area contributed by atoms with E-state index in [0.29, 0.717) is 66.9 Å². The third kappa shape index (κ3) is 2.53. The summed E-state index contributed by atoms with van der Waals surface area (Å²) in [5.74, 6) is 0.409. The van der Waals surface area contributed by atoms with E-state index in [1.165, 1.54) is 0 Å². The van der Waals surface area contributed by atoms with Crippen LogP contribution in [0.1, 0.15) is 12.6 Å². The van der Waals surface area contributed by atoms with Crippen molar-refractivity contribution in [3.05, 3.63) is 48.4 Å². The second-order valence-electron chi connectivity index (χ2n) is 6.82. The Labute approximate surface area is 174 Å². The quantitative estimate of drug-likeness (QED) is 0.242. The van der Waals surface area contributed by atoms with E-state index in [-0.39, 0.29) is 0 Å². The summed E-state index contributed by atoms with van der Waals surface area (Å²) < 4.78 is 0. The van der Waals surface area contributed by atoms with E-state index in [2.05, 4.69) is 21.7 Å². The Hall–Kier alpha value is -4.53. The van der Waals surface area contributed by atoms with Crippen LogP contribution in [0.2, 0.25) is 0 Å². The molecule has 31 heavy (non-hydrogen) atoms. The molecule has 0 saturated heterocycles. The number of aliphatic imine (C=N–C) groups is 1. The van der Waals surface area contributed by atoms with E-state index in [1.54, 1.807) is 12.4 Å². The molecule has 0 aliphatic rings. The molecule has 9 heteroatoms. The summed E-state index contributed by atoms with van der Waals surface area (Å²) in [6.07, 6.45) is 7.06. The summed E-state index contributed by atoms with van der Waals surface area (Å²) in [4.78, 5) is 41.4. The van der Waals surface area contributed by atoms with Crippen molar-refractivity contribution in [2.45, 2.75) is 6.92 Å². The van der Waals surface area contributed by atoms with Crippen LogP contribution >= 0.6 is 0 Å². The summed E-state index contributed by atoms with van der Waals surface area (Å²) >= 11 is 0. The molecular formula is C22H13N9. The van der Waals surface area contributed by atoms with Gasteiger partial charge in [0.25, 0.3) is 0 Å². The van der Waals surface area contributed by atoms with E-state index < -0.39 is 0 Å². The Balaban J connectivity index is 1.93. The lowest BCUT2D eigenvalue weighted by Gasteiger charge is -2.10.